The Morgan fingerprint density at radius 3 is 2.21 bits per heavy atom. The molecule has 0 heterocycles. The van der Waals surface area contributed by atoms with Gasteiger partial charge in [0.25, 0.3) is 0 Å². The molecule has 4 aromatic rings. The van der Waals surface area contributed by atoms with Crippen LogP contribution in [0, 0.1) is 0 Å². The fourth-order valence-corrected chi connectivity index (χ4v) is 5.15. The van der Waals surface area contributed by atoms with Gasteiger partial charge in [-0.3, -0.25) is 0 Å². The molecular weight excluding hydrogens is 472 g/mol. The molecule has 2 unspecified atom stereocenters. The van der Waals surface area contributed by atoms with E-state index in [-0.39, 0.29) is 12.1 Å². The van der Waals surface area contributed by atoms with Gasteiger partial charge in [-0.2, -0.15) is 0 Å². The fourth-order valence-electron chi connectivity index (χ4n) is 5.15. The van der Waals surface area contributed by atoms with E-state index < -0.39 is 6.10 Å². The van der Waals surface area contributed by atoms with Crippen molar-refractivity contribution < 1.29 is 19.0 Å². The average Bonchev–Trinajstić information content (AvgIpc) is 3.27. The van der Waals surface area contributed by atoms with Crippen LogP contribution in [0.25, 0.3) is 22.3 Å². The minimum absolute atomic E-state index is 0.0827. The Kier molecular flexibility index (Phi) is 8.32. The Labute approximate surface area is 225 Å². The number of esters is 1. The molecule has 5 rings (SSSR count). The minimum Gasteiger partial charge on any atom is -0.464 e. The van der Waals surface area contributed by atoms with E-state index >= 15 is 0 Å². The van der Waals surface area contributed by atoms with Crippen molar-refractivity contribution >= 4 is 5.97 Å². The van der Waals surface area contributed by atoms with Crippen LogP contribution in [0.5, 0.6) is 0 Å². The Balaban J connectivity index is 1.26. The second-order valence-electron chi connectivity index (χ2n) is 9.47. The number of benzene rings is 4. The van der Waals surface area contributed by atoms with E-state index in [0.29, 0.717) is 26.2 Å². The number of hydrogen-bond acceptors (Lipinski definition) is 4. The standard InChI is InChI=1S/C34H34O4/c1-3-36-32(34(35)37-4-2)22-25-16-14-24(15-17-25)20-21-38-33-30-13-9-8-12-28(30)29-19-18-27(23-31(29)33)26-10-6-5-7-11-26/h5-19,23,32-33H,3-4,20-22H2,1-2H3. The van der Waals surface area contributed by atoms with Crippen molar-refractivity contribution in [3.8, 4) is 22.3 Å². The van der Waals surface area contributed by atoms with Crippen LogP contribution < -0.4 is 0 Å². The SMILES string of the molecule is CCOC(=O)C(Cc1ccc(CCOC2c3ccccc3-c3ccc(-c4ccccc4)cc32)cc1)OCC. The molecule has 0 aromatic heterocycles. The summed E-state index contributed by atoms with van der Waals surface area (Å²) >= 11 is 0. The van der Waals surface area contributed by atoms with Gasteiger partial charge in [0.1, 0.15) is 6.10 Å². The van der Waals surface area contributed by atoms with Crippen LogP contribution in [0.2, 0.25) is 0 Å². The Bertz CT molecular complexity index is 1360. The predicted octanol–water partition coefficient (Wildman–Crippen LogP) is 7.19. The first kappa shape index (κ1) is 25.9. The first-order valence-electron chi connectivity index (χ1n) is 13.4. The summed E-state index contributed by atoms with van der Waals surface area (Å²) in [5, 5.41) is 0. The minimum atomic E-state index is -0.572. The predicted molar refractivity (Wildman–Crippen MR) is 151 cm³/mol. The molecule has 4 heteroatoms. The molecule has 194 valence electrons. The number of ether oxygens (including phenoxy) is 3. The van der Waals surface area contributed by atoms with Gasteiger partial charge in [-0.1, -0.05) is 91.0 Å². The molecule has 0 N–H and O–H groups in total. The molecule has 1 aliphatic carbocycles. The van der Waals surface area contributed by atoms with Crippen molar-refractivity contribution in [2.75, 3.05) is 19.8 Å². The number of hydrogen-bond donors (Lipinski definition) is 0. The molecule has 4 aromatic carbocycles. The summed E-state index contributed by atoms with van der Waals surface area (Å²) in [7, 11) is 0. The van der Waals surface area contributed by atoms with E-state index in [1.807, 2.05) is 19.9 Å². The second-order valence-corrected chi connectivity index (χ2v) is 9.47. The lowest BCUT2D eigenvalue weighted by Crippen LogP contribution is -2.29. The summed E-state index contributed by atoms with van der Waals surface area (Å²) in [4.78, 5) is 12.2. The van der Waals surface area contributed by atoms with Crippen LogP contribution in [0.3, 0.4) is 0 Å². The second kappa shape index (κ2) is 12.2. The van der Waals surface area contributed by atoms with Crippen molar-refractivity contribution in [3.05, 3.63) is 119 Å². The van der Waals surface area contributed by atoms with Crippen molar-refractivity contribution in [1.29, 1.82) is 0 Å². The molecule has 4 nitrogen and oxygen atoms in total. The average molecular weight is 507 g/mol. The Hall–Kier alpha value is -3.73. The zero-order chi connectivity index (χ0) is 26.3. The van der Waals surface area contributed by atoms with Crippen LogP contribution in [-0.4, -0.2) is 31.9 Å². The maximum absolute atomic E-state index is 12.2. The molecule has 0 amide bonds. The summed E-state index contributed by atoms with van der Waals surface area (Å²) < 4.78 is 17.3. The zero-order valence-electron chi connectivity index (χ0n) is 22.1. The van der Waals surface area contributed by atoms with Gasteiger partial charge in [0.15, 0.2) is 6.10 Å². The highest BCUT2D eigenvalue weighted by Crippen LogP contribution is 2.46. The third-order valence-electron chi connectivity index (χ3n) is 7.01. The van der Waals surface area contributed by atoms with Crippen LogP contribution in [-0.2, 0) is 31.8 Å². The highest BCUT2D eigenvalue weighted by molar-refractivity contribution is 5.81. The zero-order valence-corrected chi connectivity index (χ0v) is 22.1. The van der Waals surface area contributed by atoms with Gasteiger partial charge in [0.2, 0.25) is 0 Å². The van der Waals surface area contributed by atoms with Crippen molar-refractivity contribution in [2.24, 2.45) is 0 Å². The molecule has 0 fully saturated rings. The van der Waals surface area contributed by atoms with Crippen molar-refractivity contribution in [3.63, 3.8) is 0 Å². The smallest absolute Gasteiger partial charge is 0.335 e. The fraction of sp³-hybridized carbons (Fsp3) is 0.265. The van der Waals surface area contributed by atoms with Crippen molar-refractivity contribution in [1.82, 2.24) is 0 Å². The van der Waals surface area contributed by atoms with Gasteiger partial charge in [-0.05, 0) is 70.8 Å². The molecule has 0 bridgehead atoms. The summed E-state index contributed by atoms with van der Waals surface area (Å²) in [6.45, 7) is 5.13. The lowest BCUT2D eigenvalue weighted by atomic mass is 9.98. The van der Waals surface area contributed by atoms with Crippen molar-refractivity contribution in [2.45, 2.75) is 38.9 Å². The molecule has 38 heavy (non-hydrogen) atoms. The van der Waals surface area contributed by atoms with Crippen LogP contribution in [0.1, 0.15) is 42.2 Å². The molecule has 0 radical (unpaired) electrons. The maximum Gasteiger partial charge on any atom is 0.335 e. The van der Waals surface area contributed by atoms with E-state index in [0.717, 1.165) is 12.0 Å². The lowest BCUT2D eigenvalue weighted by molar-refractivity contribution is -0.156. The lowest BCUT2D eigenvalue weighted by Gasteiger charge is -2.17. The summed E-state index contributed by atoms with van der Waals surface area (Å²) in [6.07, 6.45) is 0.653. The van der Waals surface area contributed by atoms with Crippen LogP contribution in [0.15, 0.2) is 97.1 Å². The van der Waals surface area contributed by atoms with E-state index in [1.165, 1.54) is 38.9 Å². The topological polar surface area (TPSA) is 44.8 Å². The van der Waals surface area contributed by atoms with E-state index in [9.17, 15) is 4.79 Å². The van der Waals surface area contributed by atoms with E-state index in [4.69, 9.17) is 14.2 Å². The van der Waals surface area contributed by atoms with Gasteiger partial charge in [0.05, 0.1) is 13.2 Å². The highest BCUT2D eigenvalue weighted by atomic mass is 16.6. The summed E-state index contributed by atoms with van der Waals surface area (Å²) in [5.41, 5.74) is 9.61. The van der Waals surface area contributed by atoms with Crippen LogP contribution in [0.4, 0.5) is 0 Å². The molecular formula is C34H34O4. The van der Waals surface area contributed by atoms with Gasteiger partial charge in [-0.15, -0.1) is 0 Å². The quantitative estimate of drug-likeness (QED) is 0.202. The normalized spacial score (nSPS) is 14.5. The Morgan fingerprint density at radius 2 is 1.45 bits per heavy atom. The largest absolute Gasteiger partial charge is 0.464 e. The molecule has 0 aliphatic heterocycles. The molecule has 2 atom stereocenters. The number of fused-ring (bicyclic) bond motifs is 3. The number of rotatable bonds is 11. The molecule has 0 saturated heterocycles. The third kappa shape index (κ3) is 5.72. The van der Waals surface area contributed by atoms with E-state index in [1.54, 1.807) is 0 Å². The summed E-state index contributed by atoms with van der Waals surface area (Å²) in [5.74, 6) is -0.306. The molecule has 1 aliphatic rings. The first-order chi connectivity index (χ1) is 18.7. The van der Waals surface area contributed by atoms with Gasteiger partial charge in [-0.25, -0.2) is 4.79 Å². The highest BCUT2D eigenvalue weighted by Gasteiger charge is 2.29. The van der Waals surface area contributed by atoms with E-state index in [2.05, 4.69) is 91.0 Å². The number of carbonyl (C=O) groups is 1. The maximum atomic E-state index is 12.2. The first-order valence-corrected chi connectivity index (χ1v) is 13.4. The summed E-state index contributed by atoms with van der Waals surface area (Å²) in [6, 6.07) is 34.1. The molecule has 0 saturated carbocycles. The van der Waals surface area contributed by atoms with Gasteiger partial charge in [0, 0.05) is 13.0 Å². The van der Waals surface area contributed by atoms with Gasteiger partial charge < -0.3 is 14.2 Å². The monoisotopic (exact) mass is 506 g/mol. The third-order valence-corrected chi connectivity index (χ3v) is 7.01. The molecule has 0 spiro atoms. The van der Waals surface area contributed by atoms with Crippen LogP contribution >= 0.6 is 0 Å². The Morgan fingerprint density at radius 1 is 0.737 bits per heavy atom. The van der Waals surface area contributed by atoms with Gasteiger partial charge >= 0.3 is 5.97 Å². The number of carbonyl (C=O) groups excluding carboxylic acids is 1.